The Bertz CT molecular complexity index is 197. The van der Waals surface area contributed by atoms with E-state index in [-0.39, 0.29) is 0 Å². The Morgan fingerprint density at radius 2 is 2.00 bits per heavy atom. The maximum Gasteiger partial charge on any atom is -0.0000384 e. The summed E-state index contributed by atoms with van der Waals surface area (Å²) in [5.41, 5.74) is 0.504. The van der Waals surface area contributed by atoms with E-state index < -0.39 is 0 Å². The van der Waals surface area contributed by atoms with Crippen molar-refractivity contribution in [3.05, 3.63) is 0 Å². The Balaban J connectivity index is 1.86. The van der Waals surface area contributed by atoms with Crippen LogP contribution in [-0.4, -0.2) is 13.6 Å². The van der Waals surface area contributed by atoms with Gasteiger partial charge >= 0.3 is 0 Å². The summed E-state index contributed by atoms with van der Waals surface area (Å²) in [5, 5.41) is 3.33. The summed E-state index contributed by atoms with van der Waals surface area (Å²) in [6.45, 7) is 5.99. The van der Waals surface area contributed by atoms with Crippen LogP contribution < -0.4 is 5.32 Å². The monoisotopic (exact) mass is 195 g/mol. The van der Waals surface area contributed by atoms with E-state index in [1.165, 1.54) is 32.2 Å². The van der Waals surface area contributed by atoms with E-state index in [4.69, 9.17) is 0 Å². The zero-order valence-electron chi connectivity index (χ0n) is 9.97. The lowest BCUT2D eigenvalue weighted by Gasteiger charge is -2.31. The molecule has 3 unspecified atom stereocenters. The lowest BCUT2D eigenvalue weighted by atomic mass is 9.76. The molecule has 2 aliphatic carbocycles. The first-order valence-corrected chi connectivity index (χ1v) is 6.25. The van der Waals surface area contributed by atoms with Gasteiger partial charge in [0.25, 0.3) is 0 Å². The van der Waals surface area contributed by atoms with Crippen molar-refractivity contribution >= 4 is 0 Å². The minimum absolute atomic E-state index is 0.504. The molecule has 0 spiro atoms. The summed E-state index contributed by atoms with van der Waals surface area (Å²) in [5.74, 6) is 3.25. The number of hydrogen-bond donors (Lipinski definition) is 1. The molecule has 0 amide bonds. The van der Waals surface area contributed by atoms with Gasteiger partial charge in [-0.1, -0.05) is 20.3 Å². The first-order chi connectivity index (χ1) is 6.61. The Morgan fingerprint density at radius 3 is 2.50 bits per heavy atom. The predicted octanol–water partition coefficient (Wildman–Crippen LogP) is 3.06. The minimum Gasteiger partial charge on any atom is -0.319 e. The summed E-state index contributed by atoms with van der Waals surface area (Å²) in [4.78, 5) is 0. The van der Waals surface area contributed by atoms with Crippen LogP contribution in [0.25, 0.3) is 0 Å². The van der Waals surface area contributed by atoms with Crippen LogP contribution in [0.5, 0.6) is 0 Å². The van der Waals surface area contributed by atoms with E-state index in [0.717, 1.165) is 17.8 Å². The Labute approximate surface area is 88.7 Å². The average Bonchev–Trinajstić information content (AvgIpc) is 2.63. The molecule has 1 nitrogen and oxygen atoms in total. The molecule has 0 aliphatic heterocycles. The van der Waals surface area contributed by atoms with E-state index in [1.807, 2.05) is 0 Å². The van der Waals surface area contributed by atoms with Crippen LogP contribution in [0.3, 0.4) is 0 Å². The van der Waals surface area contributed by atoms with Gasteiger partial charge in [-0.3, -0.25) is 0 Å². The molecule has 2 fully saturated rings. The molecule has 2 rings (SSSR count). The van der Waals surface area contributed by atoms with Crippen LogP contribution >= 0.6 is 0 Å². The van der Waals surface area contributed by atoms with Crippen LogP contribution in [0.15, 0.2) is 0 Å². The fourth-order valence-corrected chi connectivity index (χ4v) is 3.89. The highest BCUT2D eigenvalue weighted by Gasteiger charge is 2.41. The number of rotatable bonds is 4. The fourth-order valence-electron chi connectivity index (χ4n) is 3.89. The average molecular weight is 195 g/mol. The van der Waals surface area contributed by atoms with Gasteiger partial charge in [-0.25, -0.2) is 0 Å². The molecule has 0 saturated heterocycles. The fraction of sp³-hybridized carbons (Fsp3) is 1.00. The number of fused-ring (bicyclic) bond motifs is 2. The lowest BCUT2D eigenvalue weighted by molar-refractivity contribution is 0.205. The standard InChI is InChI=1S/C13H25N/c1-13(2,9-14-3)8-12-7-10-4-5-11(12)6-10/h10-12,14H,4-9H2,1-3H3. The van der Waals surface area contributed by atoms with Crippen LogP contribution in [-0.2, 0) is 0 Å². The van der Waals surface area contributed by atoms with Gasteiger partial charge in [0.2, 0.25) is 0 Å². The molecule has 14 heavy (non-hydrogen) atoms. The third kappa shape index (κ3) is 2.13. The molecule has 1 N–H and O–H groups in total. The highest BCUT2D eigenvalue weighted by molar-refractivity contribution is 4.92. The lowest BCUT2D eigenvalue weighted by Crippen LogP contribution is -2.30. The van der Waals surface area contributed by atoms with Crippen molar-refractivity contribution in [2.24, 2.45) is 23.2 Å². The topological polar surface area (TPSA) is 12.0 Å². The molecule has 2 saturated carbocycles. The molecule has 1 heteroatoms. The quantitative estimate of drug-likeness (QED) is 0.727. The molecule has 2 aliphatic rings. The van der Waals surface area contributed by atoms with Gasteiger partial charge in [0.15, 0.2) is 0 Å². The van der Waals surface area contributed by atoms with Crippen LogP contribution in [0.1, 0.15) is 46.0 Å². The second-order valence-corrected chi connectivity index (χ2v) is 6.33. The van der Waals surface area contributed by atoms with Crippen molar-refractivity contribution in [1.29, 1.82) is 0 Å². The Kier molecular flexibility index (Phi) is 2.88. The van der Waals surface area contributed by atoms with Crippen molar-refractivity contribution in [1.82, 2.24) is 5.32 Å². The Morgan fingerprint density at radius 1 is 1.21 bits per heavy atom. The highest BCUT2D eigenvalue weighted by atomic mass is 14.8. The normalized spacial score (nSPS) is 36.6. The van der Waals surface area contributed by atoms with Gasteiger partial charge in [-0.2, -0.15) is 0 Å². The molecule has 0 heterocycles. The zero-order chi connectivity index (χ0) is 10.2. The van der Waals surface area contributed by atoms with Gasteiger partial charge in [0.1, 0.15) is 0 Å². The smallest absolute Gasteiger partial charge is 0.0000384 e. The van der Waals surface area contributed by atoms with Crippen LogP contribution in [0.2, 0.25) is 0 Å². The second kappa shape index (κ2) is 3.84. The van der Waals surface area contributed by atoms with Crippen LogP contribution in [0, 0.1) is 23.2 Å². The highest BCUT2D eigenvalue weighted by Crippen LogP contribution is 2.51. The third-order valence-electron chi connectivity index (χ3n) is 4.35. The van der Waals surface area contributed by atoms with Gasteiger partial charge in [0.05, 0.1) is 0 Å². The molecule has 82 valence electrons. The molecular weight excluding hydrogens is 170 g/mol. The van der Waals surface area contributed by atoms with E-state index in [0.29, 0.717) is 5.41 Å². The first kappa shape index (κ1) is 10.5. The number of hydrogen-bond acceptors (Lipinski definition) is 1. The van der Waals surface area contributed by atoms with Crippen molar-refractivity contribution in [3.63, 3.8) is 0 Å². The van der Waals surface area contributed by atoms with E-state index in [9.17, 15) is 0 Å². The SMILES string of the molecule is CNCC(C)(C)CC1CC2CCC1C2. The summed E-state index contributed by atoms with van der Waals surface area (Å²) in [6, 6.07) is 0. The van der Waals surface area contributed by atoms with Gasteiger partial charge in [-0.05, 0) is 62.4 Å². The summed E-state index contributed by atoms with van der Waals surface area (Å²) in [6.07, 6.45) is 7.60. The maximum absolute atomic E-state index is 3.33. The molecule has 0 aromatic rings. The third-order valence-corrected chi connectivity index (χ3v) is 4.35. The molecule has 0 aromatic heterocycles. The summed E-state index contributed by atoms with van der Waals surface area (Å²) < 4.78 is 0. The molecule has 0 radical (unpaired) electrons. The number of nitrogens with one attached hydrogen (secondary N) is 1. The Hall–Kier alpha value is -0.0400. The van der Waals surface area contributed by atoms with E-state index >= 15 is 0 Å². The molecule has 0 aromatic carbocycles. The van der Waals surface area contributed by atoms with Gasteiger partial charge < -0.3 is 5.32 Å². The molecular formula is C13H25N. The zero-order valence-corrected chi connectivity index (χ0v) is 9.97. The van der Waals surface area contributed by atoms with E-state index in [2.05, 4.69) is 26.2 Å². The minimum atomic E-state index is 0.504. The van der Waals surface area contributed by atoms with Crippen molar-refractivity contribution in [2.45, 2.75) is 46.0 Å². The van der Waals surface area contributed by atoms with Gasteiger partial charge in [-0.15, -0.1) is 0 Å². The summed E-state index contributed by atoms with van der Waals surface area (Å²) in [7, 11) is 2.07. The van der Waals surface area contributed by atoms with Gasteiger partial charge in [0, 0.05) is 0 Å². The maximum atomic E-state index is 3.33. The first-order valence-electron chi connectivity index (χ1n) is 6.25. The van der Waals surface area contributed by atoms with Crippen molar-refractivity contribution in [2.75, 3.05) is 13.6 Å². The second-order valence-electron chi connectivity index (χ2n) is 6.33. The van der Waals surface area contributed by atoms with Crippen LogP contribution in [0.4, 0.5) is 0 Å². The van der Waals surface area contributed by atoms with Crippen molar-refractivity contribution in [3.8, 4) is 0 Å². The largest absolute Gasteiger partial charge is 0.319 e. The molecule has 3 atom stereocenters. The van der Waals surface area contributed by atoms with E-state index in [1.54, 1.807) is 6.42 Å². The predicted molar refractivity (Wildman–Crippen MR) is 61.3 cm³/mol. The van der Waals surface area contributed by atoms with Crippen molar-refractivity contribution < 1.29 is 0 Å². The summed E-state index contributed by atoms with van der Waals surface area (Å²) >= 11 is 0. The molecule has 2 bridgehead atoms.